The monoisotopic (exact) mass is 471 g/mol. The molecule has 2 unspecified atom stereocenters. The number of hydrogen-bond acceptors (Lipinski definition) is 10. The maximum Gasteiger partial charge on any atom is 0.338 e. The predicted octanol–water partition coefficient (Wildman–Crippen LogP) is 0.0663. The van der Waals surface area contributed by atoms with Gasteiger partial charge in [-0.15, -0.1) is 0 Å². The van der Waals surface area contributed by atoms with Crippen LogP contribution in [0.5, 0.6) is 0 Å². The van der Waals surface area contributed by atoms with Gasteiger partial charge >= 0.3 is 5.97 Å². The SMILES string of the molecule is O=C(O)c1cnn(-c2nc(NC34CCC(CC3)C4)c3ncn([C@@H]4O[C@H](CO)C(O)C4O)c3n2)c1. The first-order valence-electron chi connectivity index (χ1n) is 11.3. The normalized spacial score (nSPS) is 32.6. The van der Waals surface area contributed by atoms with E-state index in [2.05, 4.69) is 25.4 Å². The van der Waals surface area contributed by atoms with Gasteiger partial charge in [0.2, 0.25) is 0 Å². The molecule has 4 heterocycles. The summed E-state index contributed by atoms with van der Waals surface area (Å²) in [7, 11) is 0. The van der Waals surface area contributed by atoms with Gasteiger partial charge in [-0.3, -0.25) is 4.57 Å². The van der Waals surface area contributed by atoms with Gasteiger partial charge in [0.15, 0.2) is 23.2 Å². The highest BCUT2D eigenvalue weighted by Gasteiger charge is 2.46. The molecule has 4 atom stereocenters. The van der Waals surface area contributed by atoms with E-state index in [1.165, 1.54) is 28.0 Å². The van der Waals surface area contributed by atoms with Crippen LogP contribution >= 0.6 is 0 Å². The van der Waals surface area contributed by atoms with E-state index in [1.807, 2.05) is 0 Å². The van der Waals surface area contributed by atoms with Crippen molar-refractivity contribution in [3.05, 3.63) is 24.3 Å². The van der Waals surface area contributed by atoms with Gasteiger partial charge in [0.25, 0.3) is 5.95 Å². The van der Waals surface area contributed by atoms with E-state index < -0.39 is 37.1 Å². The Kier molecular flexibility index (Phi) is 4.85. The Balaban J connectivity index is 1.47. The highest BCUT2D eigenvalue weighted by Crippen LogP contribution is 2.49. The number of carboxylic acid groups (broad SMARTS) is 1. The van der Waals surface area contributed by atoms with Crippen LogP contribution in [0.3, 0.4) is 0 Å². The van der Waals surface area contributed by atoms with E-state index in [4.69, 9.17) is 4.74 Å². The molecule has 1 aliphatic heterocycles. The molecule has 6 rings (SSSR count). The molecular formula is C21H25N7O6. The summed E-state index contributed by atoms with van der Waals surface area (Å²) in [6, 6.07) is 0. The van der Waals surface area contributed by atoms with Crippen LogP contribution in [0.15, 0.2) is 18.7 Å². The number of ether oxygens (including phenoxy) is 1. The number of imidazole rings is 1. The number of fused-ring (bicyclic) bond motifs is 3. The lowest BCUT2D eigenvalue weighted by molar-refractivity contribution is -0.0511. The van der Waals surface area contributed by atoms with Crippen molar-refractivity contribution in [2.45, 2.75) is 62.2 Å². The van der Waals surface area contributed by atoms with E-state index in [1.54, 1.807) is 0 Å². The number of hydrogen-bond donors (Lipinski definition) is 5. The van der Waals surface area contributed by atoms with Crippen molar-refractivity contribution < 1.29 is 30.0 Å². The third-order valence-electron chi connectivity index (χ3n) is 7.36. The van der Waals surface area contributed by atoms with Gasteiger partial charge in [-0.05, 0) is 38.0 Å². The topological polar surface area (TPSA) is 181 Å². The number of rotatable bonds is 6. The second kappa shape index (κ2) is 7.70. The van der Waals surface area contributed by atoms with Gasteiger partial charge in [-0.1, -0.05) is 0 Å². The summed E-state index contributed by atoms with van der Waals surface area (Å²) in [5, 5.41) is 47.2. The van der Waals surface area contributed by atoms with E-state index in [-0.39, 0.29) is 17.1 Å². The fourth-order valence-corrected chi connectivity index (χ4v) is 5.55. The summed E-state index contributed by atoms with van der Waals surface area (Å²) in [4.78, 5) is 25.0. The number of anilines is 1. The van der Waals surface area contributed by atoms with Gasteiger partial charge in [-0.25, -0.2) is 14.5 Å². The molecule has 2 aliphatic carbocycles. The quantitative estimate of drug-likeness (QED) is 0.328. The second-order valence-corrected chi connectivity index (χ2v) is 9.46. The zero-order valence-corrected chi connectivity index (χ0v) is 18.2. The van der Waals surface area contributed by atoms with Crippen LogP contribution in [-0.4, -0.2) is 86.2 Å². The van der Waals surface area contributed by atoms with Crippen LogP contribution in [0.25, 0.3) is 17.1 Å². The van der Waals surface area contributed by atoms with Gasteiger partial charge in [0.05, 0.1) is 24.7 Å². The summed E-state index contributed by atoms with van der Waals surface area (Å²) < 4.78 is 8.44. The number of aliphatic hydroxyl groups is 3. The molecule has 1 saturated heterocycles. The number of carbonyl (C=O) groups is 1. The third-order valence-corrected chi connectivity index (χ3v) is 7.36. The number of aliphatic hydroxyl groups excluding tert-OH is 3. The minimum atomic E-state index is -1.31. The number of nitrogens with zero attached hydrogens (tertiary/aromatic N) is 6. The van der Waals surface area contributed by atoms with Crippen molar-refractivity contribution in [3.8, 4) is 5.95 Å². The minimum absolute atomic E-state index is 0.0109. The Hall–Kier alpha value is -3.13. The minimum Gasteiger partial charge on any atom is -0.478 e. The van der Waals surface area contributed by atoms with Crippen LogP contribution in [-0.2, 0) is 4.74 Å². The standard InChI is InChI=1S/C21H25N7O6/c29-8-12-14(30)15(31)18(34-12)27-9-22-13-16(26-21-3-1-10(5-21)2-4-21)24-20(25-17(13)27)28-7-11(6-23-28)19(32)33/h6-7,9-10,12,14-15,18,29-31H,1-5,8H2,(H,32,33)(H,24,25,26)/t10?,12-,14?,15?,18-,21?/m1/s1. The van der Waals surface area contributed by atoms with Gasteiger partial charge < -0.3 is 30.5 Å². The molecule has 0 aromatic carbocycles. The molecule has 0 amide bonds. The zero-order chi connectivity index (χ0) is 23.6. The smallest absolute Gasteiger partial charge is 0.338 e. The lowest BCUT2D eigenvalue weighted by Crippen LogP contribution is -2.34. The molecule has 5 N–H and O–H groups in total. The summed E-state index contributed by atoms with van der Waals surface area (Å²) in [6.07, 6.45) is 4.84. The fraction of sp³-hybridized carbons (Fsp3) is 0.571. The van der Waals surface area contributed by atoms with E-state index >= 15 is 0 Å². The number of aromatic nitrogens is 6. The van der Waals surface area contributed by atoms with Crippen molar-refractivity contribution in [1.29, 1.82) is 0 Å². The predicted molar refractivity (Wildman–Crippen MR) is 115 cm³/mol. The van der Waals surface area contributed by atoms with Crippen LogP contribution in [0.4, 0.5) is 5.82 Å². The number of carboxylic acids is 1. The molecule has 2 saturated carbocycles. The van der Waals surface area contributed by atoms with Crippen molar-refractivity contribution >= 4 is 23.0 Å². The fourth-order valence-electron chi connectivity index (χ4n) is 5.55. The highest BCUT2D eigenvalue weighted by atomic mass is 16.6. The molecule has 3 aromatic heterocycles. The van der Waals surface area contributed by atoms with Crippen LogP contribution in [0.1, 0.15) is 48.7 Å². The molecular weight excluding hydrogens is 446 g/mol. The molecule has 0 radical (unpaired) electrons. The molecule has 3 fully saturated rings. The molecule has 3 aromatic rings. The summed E-state index contributed by atoms with van der Waals surface area (Å²) in [5.41, 5.74) is 0.684. The highest BCUT2D eigenvalue weighted by molar-refractivity contribution is 5.87. The summed E-state index contributed by atoms with van der Waals surface area (Å²) in [5.74, 6) is 0.189. The molecule has 13 heteroatoms. The Labute approximate surface area is 193 Å². The third kappa shape index (κ3) is 3.27. The zero-order valence-electron chi connectivity index (χ0n) is 18.2. The number of aromatic carboxylic acids is 1. The van der Waals surface area contributed by atoms with E-state index in [0.717, 1.165) is 32.1 Å². The molecule has 34 heavy (non-hydrogen) atoms. The van der Waals surface area contributed by atoms with Crippen LogP contribution in [0.2, 0.25) is 0 Å². The van der Waals surface area contributed by atoms with E-state index in [9.17, 15) is 25.2 Å². The summed E-state index contributed by atoms with van der Waals surface area (Å²) in [6.45, 7) is -0.455. The van der Waals surface area contributed by atoms with Gasteiger partial charge in [0, 0.05) is 11.7 Å². The number of nitrogens with one attached hydrogen (secondary N) is 1. The average molecular weight is 471 g/mol. The van der Waals surface area contributed by atoms with Crippen LogP contribution < -0.4 is 5.32 Å². The molecule has 3 aliphatic rings. The molecule has 2 bridgehead atoms. The van der Waals surface area contributed by atoms with Gasteiger partial charge in [0.1, 0.15) is 18.3 Å². The first-order valence-corrected chi connectivity index (χ1v) is 11.3. The van der Waals surface area contributed by atoms with E-state index in [0.29, 0.717) is 22.9 Å². The summed E-state index contributed by atoms with van der Waals surface area (Å²) >= 11 is 0. The molecule has 13 nitrogen and oxygen atoms in total. The Morgan fingerprint density at radius 1 is 1.24 bits per heavy atom. The van der Waals surface area contributed by atoms with Crippen LogP contribution in [0, 0.1) is 5.92 Å². The van der Waals surface area contributed by atoms with Crippen molar-refractivity contribution in [3.63, 3.8) is 0 Å². The van der Waals surface area contributed by atoms with Crippen molar-refractivity contribution in [2.75, 3.05) is 11.9 Å². The lowest BCUT2D eigenvalue weighted by atomic mass is 9.94. The molecule has 0 spiro atoms. The first-order chi connectivity index (χ1) is 16.4. The molecule has 180 valence electrons. The second-order valence-electron chi connectivity index (χ2n) is 9.46. The Morgan fingerprint density at radius 2 is 2.03 bits per heavy atom. The Morgan fingerprint density at radius 3 is 2.65 bits per heavy atom. The van der Waals surface area contributed by atoms with Gasteiger partial charge in [-0.2, -0.15) is 15.1 Å². The largest absolute Gasteiger partial charge is 0.478 e. The average Bonchev–Trinajstić information content (AvgIpc) is 3.63. The van der Waals surface area contributed by atoms with Crippen molar-refractivity contribution in [1.82, 2.24) is 29.3 Å². The lowest BCUT2D eigenvalue weighted by Gasteiger charge is -2.28. The van der Waals surface area contributed by atoms with Crippen molar-refractivity contribution in [2.24, 2.45) is 5.92 Å². The maximum atomic E-state index is 11.3. The maximum absolute atomic E-state index is 11.3. The first kappa shape index (κ1) is 21.4. The Bertz CT molecular complexity index is 1250.